The summed E-state index contributed by atoms with van der Waals surface area (Å²) < 4.78 is 5.98. The molecule has 53 heavy (non-hydrogen) atoms. The fourth-order valence-corrected chi connectivity index (χ4v) is 14.1. The Morgan fingerprint density at radius 3 is 2.26 bits per heavy atom. The van der Waals surface area contributed by atoms with E-state index in [0.717, 1.165) is 96.3 Å². The second kappa shape index (κ2) is 14.8. The monoisotopic (exact) mass is 735 g/mol. The van der Waals surface area contributed by atoms with Crippen LogP contribution in [0.5, 0.6) is 0 Å². The number of nitrogens with two attached hydrogens (primary N) is 1. The molecule has 5 aliphatic rings. The van der Waals surface area contributed by atoms with Crippen LogP contribution in [0.2, 0.25) is 0 Å². The highest BCUT2D eigenvalue weighted by Crippen LogP contribution is 2.77. The van der Waals surface area contributed by atoms with Gasteiger partial charge < -0.3 is 10.5 Å². The molecule has 0 radical (unpaired) electrons. The van der Waals surface area contributed by atoms with Gasteiger partial charge in [0.15, 0.2) is 5.82 Å². The smallest absolute Gasteiger partial charge is 0.302 e. The Bertz CT molecular complexity index is 1530. The van der Waals surface area contributed by atoms with E-state index in [1.165, 1.54) is 5.57 Å². The highest BCUT2D eigenvalue weighted by Gasteiger charge is 2.72. The Morgan fingerprint density at radius 2 is 1.60 bits per heavy atom. The maximum atomic E-state index is 15.5. The number of nitrogens with zero attached hydrogens (tertiary/aromatic N) is 4. The lowest BCUT2D eigenvalue weighted by Crippen LogP contribution is -2.67. The number of H-pyrrole nitrogens is 1. The minimum atomic E-state index is -0.640. The molecule has 1 heterocycles. The lowest BCUT2D eigenvalue weighted by molar-refractivity contribution is -0.249. The fraction of sp³-hybridized carbons (Fsp3) is 0.860. The van der Waals surface area contributed by atoms with Crippen LogP contribution in [0.1, 0.15) is 163 Å². The van der Waals surface area contributed by atoms with Crippen molar-refractivity contribution >= 4 is 17.8 Å². The second-order valence-corrected chi connectivity index (χ2v) is 19.7. The van der Waals surface area contributed by atoms with Crippen LogP contribution in [-0.4, -0.2) is 62.5 Å². The molecule has 5 aliphatic carbocycles. The zero-order valence-electron chi connectivity index (χ0n) is 34.3. The van der Waals surface area contributed by atoms with E-state index in [4.69, 9.17) is 10.5 Å². The Hall–Kier alpha value is -2.62. The largest absolute Gasteiger partial charge is 0.462 e. The van der Waals surface area contributed by atoms with E-state index in [0.29, 0.717) is 36.7 Å². The van der Waals surface area contributed by atoms with Gasteiger partial charge in [0.05, 0.1) is 11.3 Å². The number of rotatable bonds is 12. The summed E-state index contributed by atoms with van der Waals surface area (Å²) in [5, 5.41) is 14.3. The van der Waals surface area contributed by atoms with Crippen molar-refractivity contribution in [3.63, 3.8) is 0 Å². The molecule has 0 aromatic carbocycles. The Kier molecular flexibility index (Phi) is 11.2. The van der Waals surface area contributed by atoms with Crippen molar-refractivity contribution in [2.45, 2.75) is 164 Å². The standard InChI is InChI=1S/C43H70N6O4/c1-27(2)30-17-22-43(38(52)49(26-14-12-10-11-13-25-44)37(51)28(3)36-45-47-48-46-36)24-23-41(8)31(35(30)43)15-16-33-40(7)20-19-34(53-29(4)50)39(5,6)32(40)18-21-42(33,41)9/h28,30-35H,1,10-26,44H2,2-9H3,(H,45,46,47,48)/t28?,30-,31+,32-,33?,34-,35+,40-,41+,42+,43-/m0/s1. The van der Waals surface area contributed by atoms with E-state index in [-0.39, 0.29) is 57.4 Å². The topological polar surface area (TPSA) is 144 Å². The molecule has 10 nitrogen and oxygen atoms in total. The van der Waals surface area contributed by atoms with Gasteiger partial charge in [0.2, 0.25) is 11.8 Å². The van der Waals surface area contributed by atoms with Crippen molar-refractivity contribution < 1.29 is 19.1 Å². The number of esters is 1. The van der Waals surface area contributed by atoms with Crippen LogP contribution >= 0.6 is 0 Å². The van der Waals surface area contributed by atoms with E-state index in [1.807, 2.05) is 6.92 Å². The number of nitrogens with one attached hydrogen (secondary N) is 1. The number of tetrazole rings is 1. The lowest BCUT2D eigenvalue weighted by atomic mass is 9.32. The van der Waals surface area contributed by atoms with Gasteiger partial charge in [-0.15, -0.1) is 5.10 Å². The molecule has 6 rings (SSSR count). The molecule has 0 bridgehead atoms. The van der Waals surface area contributed by atoms with Crippen LogP contribution in [0.25, 0.3) is 0 Å². The van der Waals surface area contributed by atoms with Gasteiger partial charge in [0, 0.05) is 18.9 Å². The summed E-state index contributed by atoms with van der Waals surface area (Å²) in [6.07, 6.45) is 14.9. The summed E-state index contributed by atoms with van der Waals surface area (Å²) in [7, 11) is 0. The highest BCUT2D eigenvalue weighted by molar-refractivity contribution is 6.00. The number of aromatic amines is 1. The lowest BCUT2D eigenvalue weighted by Gasteiger charge is -2.73. The summed E-state index contributed by atoms with van der Waals surface area (Å²) in [5.41, 5.74) is 6.60. The van der Waals surface area contributed by atoms with E-state index in [9.17, 15) is 9.59 Å². The number of imide groups is 1. The molecular formula is C43H70N6O4. The number of unbranched alkanes of at least 4 members (excludes halogenated alkanes) is 4. The van der Waals surface area contributed by atoms with Gasteiger partial charge in [0.1, 0.15) is 6.10 Å². The first-order chi connectivity index (χ1) is 25.0. The molecule has 2 unspecified atom stereocenters. The molecule has 11 atom stereocenters. The van der Waals surface area contributed by atoms with Gasteiger partial charge in [-0.1, -0.05) is 66.0 Å². The maximum Gasteiger partial charge on any atom is 0.302 e. The minimum absolute atomic E-state index is 0.0353. The van der Waals surface area contributed by atoms with Crippen LogP contribution in [0, 0.1) is 56.7 Å². The first-order valence-electron chi connectivity index (χ1n) is 21.1. The predicted octanol–water partition coefficient (Wildman–Crippen LogP) is 8.16. The average molecular weight is 735 g/mol. The van der Waals surface area contributed by atoms with E-state index >= 15 is 4.79 Å². The number of amides is 2. The van der Waals surface area contributed by atoms with Gasteiger partial charge in [-0.05, 0) is 154 Å². The summed E-state index contributed by atoms with van der Waals surface area (Å²) in [5.74, 6) is 1.27. The third-order valence-corrected chi connectivity index (χ3v) is 17.0. The van der Waals surface area contributed by atoms with E-state index < -0.39 is 11.3 Å². The summed E-state index contributed by atoms with van der Waals surface area (Å²) in [6, 6.07) is 0. The Morgan fingerprint density at radius 1 is 0.887 bits per heavy atom. The van der Waals surface area contributed by atoms with Gasteiger partial charge in [-0.3, -0.25) is 19.3 Å². The van der Waals surface area contributed by atoms with Crippen LogP contribution < -0.4 is 5.73 Å². The molecule has 0 aliphatic heterocycles. The Balaban J connectivity index is 1.32. The molecule has 5 fully saturated rings. The number of fused-ring (bicyclic) bond motifs is 7. The van der Waals surface area contributed by atoms with Crippen molar-refractivity contribution in [1.82, 2.24) is 25.5 Å². The van der Waals surface area contributed by atoms with E-state index in [1.54, 1.807) is 11.8 Å². The Labute approximate surface area is 319 Å². The first-order valence-corrected chi connectivity index (χ1v) is 21.1. The number of carbonyl (C=O) groups excluding carboxylic acids is 3. The van der Waals surface area contributed by atoms with E-state index in [2.05, 4.69) is 68.7 Å². The zero-order valence-corrected chi connectivity index (χ0v) is 34.3. The van der Waals surface area contributed by atoms with Crippen molar-refractivity contribution in [3.8, 4) is 0 Å². The molecule has 1 aromatic rings. The summed E-state index contributed by atoms with van der Waals surface area (Å²) in [4.78, 5) is 43.7. The number of ether oxygens (including phenoxy) is 1. The average Bonchev–Trinajstić information content (AvgIpc) is 3.78. The third-order valence-electron chi connectivity index (χ3n) is 17.0. The minimum Gasteiger partial charge on any atom is -0.462 e. The normalized spacial score (nSPS) is 39.1. The quantitative estimate of drug-likeness (QED) is 0.124. The van der Waals surface area contributed by atoms with Crippen molar-refractivity contribution in [3.05, 3.63) is 18.0 Å². The van der Waals surface area contributed by atoms with Crippen LogP contribution in [0.4, 0.5) is 0 Å². The third kappa shape index (κ3) is 6.42. The zero-order chi connectivity index (χ0) is 38.6. The first kappa shape index (κ1) is 40.1. The van der Waals surface area contributed by atoms with Gasteiger partial charge in [-0.25, -0.2) is 5.10 Å². The van der Waals surface area contributed by atoms with Crippen LogP contribution in [0.3, 0.4) is 0 Å². The second-order valence-electron chi connectivity index (χ2n) is 19.7. The van der Waals surface area contributed by atoms with Crippen LogP contribution in [0.15, 0.2) is 12.2 Å². The summed E-state index contributed by atoms with van der Waals surface area (Å²) >= 11 is 0. The maximum absolute atomic E-state index is 15.5. The molecule has 2 amide bonds. The van der Waals surface area contributed by atoms with Gasteiger partial charge in [0.25, 0.3) is 0 Å². The predicted molar refractivity (Wildman–Crippen MR) is 206 cm³/mol. The molecule has 0 saturated heterocycles. The molecular weight excluding hydrogens is 665 g/mol. The highest BCUT2D eigenvalue weighted by atomic mass is 16.5. The number of carbonyl (C=O) groups is 3. The number of hydrogen-bond donors (Lipinski definition) is 2. The van der Waals surface area contributed by atoms with Crippen LogP contribution in [-0.2, 0) is 19.1 Å². The molecule has 1 aromatic heterocycles. The van der Waals surface area contributed by atoms with Crippen molar-refractivity contribution in [1.29, 1.82) is 0 Å². The van der Waals surface area contributed by atoms with Crippen molar-refractivity contribution in [2.24, 2.45) is 62.4 Å². The molecule has 10 heteroatoms. The molecule has 296 valence electrons. The molecule has 0 spiro atoms. The molecule has 5 saturated carbocycles. The SMILES string of the molecule is C=C(C)[C@@H]1CC[C@]2(C(=O)N(CCCCCCCN)C(=O)C(C)c3nnn[nH]3)CC[C@]3(C)[C@H](CCC4[C@@]5(C)CC[C@H](OC(C)=O)C(C)(C)[C@@H]5CC[C@]43C)[C@@H]12. The number of allylic oxidation sites excluding steroid dienone is 1. The van der Waals surface area contributed by atoms with Gasteiger partial charge >= 0.3 is 5.97 Å². The number of aromatic nitrogens is 4. The van der Waals surface area contributed by atoms with Crippen molar-refractivity contribution in [2.75, 3.05) is 13.1 Å². The fourth-order valence-electron chi connectivity index (χ4n) is 14.1. The van der Waals surface area contributed by atoms with Gasteiger partial charge in [-0.2, -0.15) is 0 Å². The number of hydrogen-bond acceptors (Lipinski definition) is 8. The summed E-state index contributed by atoms with van der Waals surface area (Å²) in [6.45, 7) is 23.7. The molecule has 3 N–H and O–H groups in total.